The molecule has 6 nitrogen and oxygen atoms in total. The van der Waals surface area contributed by atoms with Crippen molar-refractivity contribution in [1.82, 2.24) is 14.8 Å². The van der Waals surface area contributed by atoms with Crippen molar-refractivity contribution in [3.05, 3.63) is 30.1 Å². The van der Waals surface area contributed by atoms with E-state index in [0.29, 0.717) is 6.42 Å². The van der Waals surface area contributed by atoms with E-state index < -0.39 is 6.10 Å². The minimum Gasteiger partial charge on any atom is -0.365 e. The van der Waals surface area contributed by atoms with Gasteiger partial charge >= 0.3 is 0 Å². The second kappa shape index (κ2) is 8.86. The summed E-state index contributed by atoms with van der Waals surface area (Å²) in [4.78, 5) is 12.7. The fourth-order valence-electron chi connectivity index (χ4n) is 4.26. The highest BCUT2D eigenvalue weighted by molar-refractivity contribution is 5.94. The van der Waals surface area contributed by atoms with E-state index in [1.165, 1.54) is 25.7 Å². The highest BCUT2D eigenvalue weighted by atomic mass is 16.5. The zero-order chi connectivity index (χ0) is 19.3. The molecule has 0 unspecified atom stereocenters. The van der Waals surface area contributed by atoms with E-state index in [-0.39, 0.29) is 12.0 Å². The van der Waals surface area contributed by atoms with Gasteiger partial charge in [0.25, 0.3) is 5.91 Å². The molecule has 28 heavy (non-hydrogen) atoms. The zero-order valence-corrected chi connectivity index (χ0v) is 16.7. The molecule has 1 aromatic carbocycles. The Morgan fingerprint density at radius 1 is 1.21 bits per heavy atom. The minimum absolute atomic E-state index is 0.0633. The van der Waals surface area contributed by atoms with E-state index in [9.17, 15) is 4.79 Å². The molecule has 1 saturated carbocycles. The van der Waals surface area contributed by atoms with E-state index in [1.54, 1.807) is 0 Å². The molecule has 1 amide bonds. The van der Waals surface area contributed by atoms with Crippen LogP contribution in [0.4, 0.5) is 5.69 Å². The first kappa shape index (κ1) is 19.1. The number of nitrogens with one attached hydrogen (secondary N) is 1. The third-order valence-electron chi connectivity index (χ3n) is 5.82. The number of rotatable bonds is 6. The number of aryl methyl sites for hydroxylation is 1. The molecule has 2 aliphatic rings. The minimum atomic E-state index is -0.392. The molecule has 4 rings (SSSR count). The Hall–Kier alpha value is -2.21. The van der Waals surface area contributed by atoms with E-state index in [4.69, 9.17) is 4.74 Å². The van der Waals surface area contributed by atoms with Gasteiger partial charge < -0.3 is 14.6 Å². The largest absolute Gasteiger partial charge is 0.365 e. The van der Waals surface area contributed by atoms with Crippen molar-refractivity contribution >= 4 is 11.6 Å². The molecule has 1 atom stereocenters. The Kier molecular flexibility index (Phi) is 6.05. The molecule has 1 aliphatic carbocycles. The highest BCUT2D eigenvalue weighted by Crippen LogP contribution is 2.26. The lowest BCUT2D eigenvalue weighted by Crippen LogP contribution is -2.32. The molecule has 2 heterocycles. The number of aromatic nitrogens is 3. The Morgan fingerprint density at radius 3 is 2.89 bits per heavy atom. The van der Waals surface area contributed by atoms with Gasteiger partial charge in [-0.25, -0.2) is 0 Å². The molecular formula is C22H30N4O2. The maximum atomic E-state index is 12.7. The number of ether oxygens (including phenoxy) is 1. The van der Waals surface area contributed by atoms with Crippen LogP contribution in [0.1, 0.15) is 64.1 Å². The molecule has 0 spiro atoms. The maximum absolute atomic E-state index is 12.7. The van der Waals surface area contributed by atoms with Crippen LogP contribution in [0.15, 0.2) is 24.3 Å². The molecule has 2 aromatic rings. The van der Waals surface area contributed by atoms with Gasteiger partial charge in [0, 0.05) is 24.2 Å². The summed E-state index contributed by atoms with van der Waals surface area (Å²) in [5.74, 6) is 1.90. The van der Waals surface area contributed by atoms with Crippen molar-refractivity contribution in [2.45, 2.75) is 83.5 Å². The molecule has 1 aliphatic heterocycles. The van der Waals surface area contributed by atoms with Crippen molar-refractivity contribution in [3.63, 3.8) is 0 Å². The highest BCUT2D eigenvalue weighted by Gasteiger charge is 2.24. The lowest BCUT2D eigenvalue weighted by Gasteiger charge is -2.20. The molecule has 150 valence electrons. The summed E-state index contributed by atoms with van der Waals surface area (Å²) in [5, 5.41) is 11.9. The smallest absolute Gasteiger partial charge is 0.253 e. The number of fused-ring (bicyclic) bond motifs is 1. The second-order valence-electron chi connectivity index (χ2n) is 7.91. The zero-order valence-electron chi connectivity index (χ0n) is 16.7. The average molecular weight is 383 g/mol. The van der Waals surface area contributed by atoms with E-state index in [1.807, 2.05) is 31.2 Å². The number of hydrogen-bond donors (Lipinski definition) is 1. The van der Waals surface area contributed by atoms with Crippen LogP contribution in [0.5, 0.6) is 0 Å². The predicted octanol–water partition coefficient (Wildman–Crippen LogP) is 4.35. The monoisotopic (exact) mass is 382 g/mol. The van der Waals surface area contributed by atoms with Crippen LogP contribution in [0, 0.1) is 0 Å². The topological polar surface area (TPSA) is 69.0 Å². The molecule has 0 radical (unpaired) electrons. The van der Waals surface area contributed by atoms with E-state index in [0.717, 1.165) is 55.1 Å². The Balaban J connectivity index is 1.48. The Labute approximate surface area is 166 Å². The summed E-state index contributed by atoms with van der Waals surface area (Å²) < 4.78 is 8.28. The van der Waals surface area contributed by atoms with Crippen LogP contribution < -0.4 is 5.32 Å². The van der Waals surface area contributed by atoms with Crippen LogP contribution in [0.3, 0.4) is 0 Å². The molecular weight excluding hydrogens is 352 g/mol. The van der Waals surface area contributed by atoms with Crippen molar-refractivity contribution in [2.75, 3.05) is 5.32 Å². The van der Waals surface area contributed by atoms with Crippen molar-refractivity contribution in [3.8, 4) is 11.4 Å². The number of anilines is 1. The van der Waals surface area contributed by atoms with Crippen LogP contribution >= 0.6 is 0 Å². The predicted molar refractivity (Wildman–Crippen MR) is 109 cm³/mol. The number of hydrogen-bond acceptors (Lipinski definition) is 4. The van der Waals surface area contributed by atoms with E-state index >= 15 is 0 Å². The van der Waals surface area contributed by atoms with E-state index in [2.05, 4.69) is 20.1 Å². The van der Waals surface area contributed by atoms with Crippen LogP contribution in [-0.4, -0.2) is 32.9 Å². The molecule has 1 aromatic heterocycles. The lowest BCUT2D eigenvalue weighted by molar-refractivity contribution is -0.131. The third kappa shape index (κ3) is 4.27. The van der Waals surface area contributed by atoms with Crippen LogP contribution in [0.25, 0.3) is 11.4 Å². The lowest BCUT2D eigenvalue weighted by atomic mass is 10.1. The SMILES string of the molecule is CC[C@@H](OC1CCCC1)C(=O)Nc1cccc(-c2nnc3n2CCCCC3)c1. The molecule has 0 saturated heterocycles. The van der Waals surface area contributed by atoms with Gasteiger partial charge in [0.05, 0.1) is 6.10 Å². The van der Waals surface area contributed by atoms with Gasteiger partial charge in [0.2, 0.25) is 0 Å². The fourth-order valence-corrected chi connectivity index (χ4v) is 4.26. The first-order chi connectivity index (χ1) is 13.7. The fraction of sp³-hybridized carbons (Fsp3) is 0.591. The number of carbonyl (C=O) groups is 1. The summed E-state index contributed by atoms with van der Waals surface area (Å²) in [5.41, 5.74) is 1.77. The maximum Gasteiger partial charge on any atom is 0.253 e. The number of nitrogens with zero attached hydrogens (tertiary/aromatic N) is 3. The molecule has 1 fully saturated rings. The Bertz CT molecular complexity index is 811. The van der Waals surface area contributed by atoms with Crippen LogP contribution in [0.2, 0.25) is 0 Å². The first-order valence-corrected chi connectivity index (χ1v) is 10.7. The molecule has 1 N–H and O–H groups in total. The van der Waals surface area contributed by atoms with Crippen LogP contribution in [-0.2, 0) is 22.5 Å². The summed E-state index contributed by atoms with van der Waals surface area (Å²) in [6, 6.07) is 7.90. The van der Waals surface area contributed by atoms with Crippen molar-refractivity contribution in [2.24, 2.45) is 0 Å². The second-order valence-corrected chi connectivity index (χ2v) is 7.91. The first-order valence-electron chi connectivity index (χ1n) is 10.7. The normalized spacial score (nSPS) is 18.5. The van der Waals surface area contributed by atoms with Gasteiger partial charge in [-0.05, 0) is 44.2 Å². The molecule has 6 heteroatoms. The third-order valence-corrected chi connectivity index (χ3v) is 5.82. The van der Waals surface area contributed by atoms with Crippen molar-refractivity contribution in [1.29, 1.82) is 0 Å². The standard InChI is InChI=1S/C22H30N4O2/c1-2-19(28-18-11-5-6-12-18)22(27)23-17-10-8-9-16(15-17)21-25-24-20-13-4-3-7-14-26(20)21/h8-10,15,18-19H,2-7,11-14H2,1H3,(H,23,27)/t19-/m1/s1. The number of benzene rings is 1. The van der Waals surface area contributed by atoms with Gasteiger partial charge in [-0.1, -0.05) is 38.3 Å². The van der Waals surface area contributed by atoms with Gasteiger partial charge in [-0.2, -0.15) is 0 Å². The molecule has 0 bridgehead atoms. The quantitative estimate of drug-likeness (QED) is 0.806. The number of carbonyl (C=O) groups excluding carboxylic acids is 1. The van der Waals surface area contributed by atoms with Gasteiger partial charge in [-0.15, -0.1) is 10.2 Å². The summed E-state index contributed by atoms with van der Waals surface area (Å²) >= 11 is 0. The van der Waals surface area contributed by atoms with Gasteiger partial charge in [-0.3, -0.25) is 4.79 Å². The number of amides is 1. The Morgan fingerprint density at radius 2 is 2.07 bits per heavy atom. The average Bonchev–Trinajstić information content (AvgIpc) is 3.31. The summed E-state index contributed by atoms with van der Waals surface area (Å²) in [7, 11) is 0. The summed E-state index contributed by atoms with van der Waals surface area (Å²) in [6.45, 7) is 2.96. The van der Waals surface area contributed by atoms with Gasteiger partial charge in [0.1, 0.15) is 11.9 Å². The van der Waals surface area contributed by atoms with Gasteiger partial charge in [0.15, 0.2) is 5.82 Å². The summed E-state index contributed by atoms with van der Waals surface area (Å²) in [6.07, 6.45) is 9.61. The van der Waals surface area contributed by atoms with Crippen molar-refractivity contribution < 1.29 is 9.53 Å².